The van der Waals surface area contributed by atoms with Crippen molar-refractivity contribution in [2.75, 3.05) is 6.54 Å². The molecule has 3 nitrogen and oxygen atoms in total. The molecule has 0 aliphatic carbocycles. The number of benzene rings is 1. The lowest BCUT2D eigenvalue weighted by atomic mass is 9.96. The average Bonchev–Trinajstić information content (AvgIpc) is 2.45. The molecule has 112 valence electrons. The first-order chi connectivity index (χ1) is 10.0. The van der Waals surface area contributed by atoms with Crippen molar-refractivity contribution in [3.05, 3.63) is 35.1 Å². The molecule has 0 saturated carbocycles. The molecular formula is C17H21FN2O. The predicted octanol–water partition coefficient (Wildman–Crippen LogP) is 2.54. The van der Waals surface area contributed by atoms with Gasteiger partial charge in [-0.05, 0) is 51.3 Å². The summed E-state index contributed by atoms with van der Waals surface area (Å²) in [5.74, 6) is 4.70. The Labute approximate surface area is 125 Å². The van der Waals surface area contributed by atoms with E-state index in [0.717, 1.165) is 19.3 Å². The number of amides is 1. The second-order valence-electron chi connectivity index (χ2n) is 5.54. The first-order valence-corrected chi connectivity index (χ1v) is 7.35. The molecule has 1 heterocycles. The van der Waals surface area contributed by atoms with Gasteiger partial charge in [0.25, 0.3) is 5.91 Å². The Bertz CT molecular complexity index is 578. The fourth-order valence-electron chi connectivity index (χ4n) is 2.87. The second-order valence-corrected chi connectivity index (χ2v) is 5.54. The molecule has 1 aliphatic heterocycles. The number of rotatable bonds is 1. The number of nitrogens with zero attached hydrogens (tertiary/aromatic N) is 1. The van der Waals surface area contributed by atoms with E-state index in [1.807, 2.05) is 18.7 Å². The van der Waals surface area contributed by atoms with E-state index in [9.17, 15) is 9.18 Å². The molecule has 1 aliphatic rings. The van der Waals surface area contributed by atoms with E-state index in [0.29, 0.717) is 5.56 Å². The van der Waals surface area contributed by atoms with Gasteiger partial charge in [0.15, 0.2) is 0 Å². The first kappa shape index (κ1) is 15.5. The third-order valence-electron chi connectivity index (χ3n) is 3.97. The van der Waals surface area contributed by atoms with Gasteiger partial charge in [-0.25, -0.2) is 4.39 Å². The fourth-order valence-corrected chi connectivity index (χ4v) is 2.87. The number of hydrogen-bond donors (Lipinski definition) is 1. The summed E-state index contributed by atoms with van der Waals surface area (Å²) in [6.45, 7) is 4.28. The van der Waals surface area contributed by atoms with Crippen molar-refractivity contribution in [2.24, 2.45) is 5.73 Å². The Morgan fingerprint density at radius 3 is 2.62 bits per heavy atom. The summed E-state index contributed by atoms with van der Waals surface area (Å²) in [4.78, 5) is 14.5. The summed E-state index contributed by atoms with van der Waals surface area (Å²) < 4.78 is 14.0. The molecule has 0 aromatic heterocycles. The molecule has 2 N–H and O–H groups in total. The number of piperidine rings is 1. The highest BCUT2D eigenvalue weighted by Gasteiger charge is 2.29. The van der Waals surface area contributed by atoms with E-state index < -0.39 is 5.82 Å². The van der Waals surface area contributed by atoms with E-state index in [1.54, 1.807) is 12.1 Å². The maximum absolute atomic E-state index is 14.0. The number of likely N-dealkylation sites (tertiary alicyclic amines) is 1. The van der Waals surface area contributed by atoms with E-state index in [2.05, 4.69) is 11.8 Å². The maximum Gasteiger partial charge on any atom is 0.254 e. The van der Waals surface area contributed by atoms with E-state index in [1.165, 1.54) is 6.07 Å². The summed E-state index contributed by atoms with van der Waals surface area (Å²) in [6.07, 6.45) is 3.13. The normalized spacial score (nSPS) is 21.6. The molecule has 0 bridgehead atoms. The molecule has 2 rings (SSSR count). The Morgan fingerprint density at radius 2 is 2.05 bits per heavy atom. The van der Waals surface area contributed by atoms with Crippen molar-refractivity contribution in [3.63, 3.8) is 0 Å². The topological polar surface area (TPSA) is 46.3 Å². The zero-order valence-electron chi connectivity index (χ0n) is 12.5. The van der Waals surface area contributed by atoms with Gasteiger partial charge in [0.05, 0.1) is 12.1 Å². The molecule has 4 heteroatoms. The van der Waals surface area contributed by atoms with Crippen LogP contribution in [0.5, 0.6) is 0 Å². The zero-order valence-corrected chi connectivity index (χ0v) is 12.5. The van der Waals surface area contributed by atoms with Crippen molar-refractivity contribution in [3.8, 4) is 11.8 Å². The molecule has 1 saturated heterocycles. The SMILES string of the molecule is CC1CCCC(C)N1C(=O)c1ccc(C#CCN)c(F)c1. The van der Waals surface area contributed by atoms with Gasteiger partial charge in [0, 0.05) is 17.6 Å². The van der Waals surface area contributed by atoms with Gasteiger partial charge >= 0.3 is 0 Å². The minimum absolute atomic E-state index is 0.105. The summed E-state index contributed by atoms with van der Waals surface area (Å²) in [7, 11) is 0. The van der Waals surface area contributed by atoms with Crippen LogP contribution in [0, 0.1) is 17.7 Å². The van der Waals surface area contributed by atoms with Crippen molar-refractivity contribution < 1.29 is 9.18 Å². The van der Waals surface area contributed by atoms with Crippen molar-refractivity contribution >= 4 is 5.91 Å². The molecule has 1 amide bonds. The van der Waals surface area contributed by atoms with E-state index in [4.69, 9.17) is 5.73 Å². The Balaban J connectivity index is 2.25. The van der Waals surface area contributed by atoms with Crippen LogP contribution in [-0.2, 0) is 0 Å². The molecule has 0 spiro atoms. The molecule has 0 radical (unpaired) electrons. The molecular weight excluding hydrogens is 267 g/mol. The van der Waals surface area contributed by atoms with Crippen LogP contribution in [-0.4, -0.2) is 29.4 Å². The van der Waals surface area contributed by atoms with E-state index >= 15 is 0 Å². The lowest BCUT2D eigenvalue weighted by molar-refractivity contribution is 0.0510. The predicted molar refractivity (Wildman–Crippen MR) is 81.3 cm³/mol. The number of nitrogens with two attached hydrogens (primary N) is 1. The first-order valence-electron chi connectivity index (χ1n) is 7.35. The highest BCUT2D eigenvalue weighted by atomic mass is 19.1. The van der Waals surface area contributed by atoms with Crippen LogP contribution >= 0.6 is 0 Å². The number of hydrogen-bond acceptors (Lipinski definition) is 2. The van der Waals surface area contributed by atoms with Crippen LogP contribution in [0.4, 0.5) is 4.39 Å². The molecule has 1 fully saturated rings. The largest absolute Gasteiger partial charge is 0.333 e. The van der Waals surface area contributed by atoms with Gasteiger partial charge in [-0.15, -0.1) is 0 Å². The maximum atomic E-state index is 14.0. The minimum Gasteiger partial charge on any atom is -0.333 e. The monoisotopic (exact) mass is 288 g/mol. The molecule has 1 aromatic carbocycles. The van der Waals surface area contributed by atoms with Gasteiger partial charge in [-0.1, -0.05) is 11.8 Å². The fraction of sp³-hybridized carbons (Fsp3) is 0.471. The molecule has 2 unspecified atom stereocenters. The highest BCUT2D eigenvalue weighted by molar-refractivity contribution is 5.94. The highest BCUT2D eigenvalue weighted by Crippen LogP contribution is 2.25. The van der Waals surface area contributed by atoms with Gasteiger partial charge < -0.3 is 10.6 Å². The third kappa shape index (κ3) is 3.43. The number of carbonyl (C=O) groups is 1. The third-order valence-corrected chi connectivity index (χ3v) is 3.97. The number of carbonyl (C=O) groups excluding carboxylic acids is 1. The summed E-state index contributed by atoms with van der Waals surface area (Å²) in [5, 5.41) is 0. The number of halogens is 1. The van der Waals surface area contributed by atoms with Crippen LogP contribution < -0.4 is 5.73 Å². The summed E-state index contributed by atoms with van der Waals surface area (Å²) in [6, 6.07) is 4.85. The van der Waals surface area contributed by atoms with Gasteiger partial charge in [-0.3, -0.25) is 4.79 Å². The summed E-state index contributed by atoms with van der Waals surface area (Å²) >= 11 is 0. The van der Waals surface area contributed by atoms with Gasteiger partial charge in [0.1, 0.15) is 5.82 Å². The molecule has 2 atom stereocenters. The smallest absolute Gasteiger partial charge is 0.254 e. The van der Waals surface area contributed by atoms with Gasteiger partial charge in [-0.2, -0.15) is 0 Å². The second kappa shape index (κ2) is 6.73. The molecule has 1 aromatic rings. The zero-order chi connectivity index (χ0) is 15.4. The van der Waals surface area contributed by atoms with Crippen LogP contribution in [0.1, 0.15) is 49.0 Å². The Morgan fingerprint density at radius 1 is 1.38 bits per heavy atom. The summed E-state index contributed by atoms with van der Waals surface area (Å²) in [5.41, 5.74) is 5.93. The minimum atomic E-state index is -0.473. The van der Waals surface area contributed by atoms with Crippen molar-refractivity contribution in [1.29, 1.82) is 0 Å². The van der Waals surface area contributed by atoms with Crippen LogP contribution in [0.15, 0.2) is 18.2 Å². The van der Waals surface area contributed by atoms with Crippen LogP contribution in [0.25, 0.3) is 0 Å². The average molecular weight is 288 g/mol. The van der Waals surface area contributed by atoms with Crippen molar-refractivity contribution in [2.45, 2.75) is 45.2 Å². The van der Waals surface area contributed by atoms with Crippen LogP contribution in [0.3, 0.4) is 0 Å². The lowest BCUT2D eigenvalue weighted by Gasteiger charge is -2.39. The molecule has 21 heavy (non-hydrogen) atoms. The Hall–Kier alpha value is -1.86. The van der Waals surface area contributed by atoms with E-state index in [-0.39, 0.29) is 30.1 Å². The van der Waals surface area contributed by atoms with Gasteiger partial charge in [0.2, 0.25) is 0 Å². The standard InChI is InChI=1S/C17H21FN2O/c1-12-5-3-6-13(2)20(12)17(21)15-9-8-14(7-4-10-19)16(18)11-15/h8-9,11-13H,3,5-6,10,19H2,1-2H3. The lowest BCUT2D eigenvalue weighted by Crippen LogP contribution is -2.47. The quantitative estimate of drug-likeness (QED) is 0.807. The Kier molecular flexibility index (Phi) is 4.98. The van der Waals surface area contributed by atoms with Crippen LogP contribution in [0.2, 0.25) is 0 Å². The van der Waals surface area contributed by atoms with Crippen molar-refractivity contribution in [1.82, 2.24) is 4.90 Å².